The average Bonchev–Trinajstić information content (AvgIpc) is 2.59. The standard InChI is InChI=1S/C11H5I2NO4/c12-6-3-5(11(17)18)4-7(13)10(6)14-8(15)1-2-9(14)16/h1-4H,(H,17,18)/p-1. The maximum Gasteiger partial charge on any atom is 0.258 e. The maximum atomic E-state index is 11.6. The van der Waals surface area contributed by atoms with Gasteiger partial charge in [-0.05, 0) is 62.9 Å². The van der Waals surface area contributed by atoms with Gasteiger partial charge in [-0.3, -0.25) is 9.59 Å². The fourth-order valence-corrected chi connectivity index (χ4v) is 3.77. The fraction of sp³-hybridized carbons (Fsp3) is 0. The van der Waals surface area contributed by atoms with E-state index in [1.165, 1.54) is 24.3 Å². The number of benzene rings is 1. The van der Waals surface area contributed by atoms with Gasteiger partial charge in [-0.2, -0.15) is 0 Å². The average molecular weight is 468 g/mol. The van der Waals surface area contributed by atoms with Crippen molar-refractivity contribution in [3.8, 4) is 0 Å². The van der Waals surface area contributed by atoms with Crippen LogP contribution >= 0.6 is 45.2 Å². The van der Waals surface area contributed by atoms with E-state index in [1.54, 1.807) is 0 Å². The van der Waals surface area contributed by atoms with Crippen LogP contribution in [0.1, 0.15) is 10.4 Å². The van der Waals surface area contributed by atoms with E-state index in [0.717, 1.165) is 4.90 Å². The molecular weight excluding hydrogens is 464 g/mol. The molecule has 92 valence electrons. The van der Waals surface area contributed by atoms with E-state index >= 15 is 0 Å². The van der Waals surface area contributed by atoms with Crippen molar-refractivity contribution < 1.29 is 19.5 Å². The highest BCUT2D eigenvalue weighted by Crippen LogP contribution is 2.31. The molecule has 0 bridgehead atoms. The predicted molar refractivity (Wildman–Crippen MR) is 77.8 cm³/mol. The lowest BCUT2D eigenvalue weighted by atomic mass is 10.2. The first kappa shape index (κ1) is 13.5. The Hall–Kier alpha value is -0.970. The largest absolute Gasteiger partial charge is 0.545 e. The lowest BCUT2D eigenvalue weighted by molar-refractivity contribution is -0.255. The van der Waals surface area contributed by atoms with Gasteiger partial charge in [0.15, 0.2) is 0 Å². The van der Waals surface area contributed by atoms with Gasteiger partial charge >= 0.3 is 0 Å². The molecule has 0 saturated carbocycles. The van der Waals surface area contributed by atoms with E-state index in [-0.39, 0.29) is 5.56 Å². The van der Waals surface area contributed by atoms with E-state index in [0.29, 0.717) is 12.8 Å². The van der Waals surface area contributed by atoms with Crippen LogP contribution in [0.5, 0.6) is 0 Å². The maximum absolute atomic E-state index is 11.6. The smallest absolute Gasteiger partial charge is 0.258 e. The Balaban J connectivity index is 2.56. The summed E-state index contributed by atoms with van der Waals surface area (Å²) >= 11 is 3.77. The molecule has 1 heterocycles. The number of carbonyl (C=O) groups excluding carboxylic acids is 3. The third-order valence-electron chi connectivity index (χ3n) is 2.29. The normalized spacial score (nSPS) is 14.4. The number of aromatic carboxylic acids is 1. The molecule has 1 aliphatic rings. The van der Waals surface area contributed by atoms with Gasteiger partial charge in [0.25, 0.3) is 11.8 Å². The van der Waals surface area contributed by atoms with Crippen molar-refractivity contribution in [2.75, 3.05) is 4.90 Å². The van der Waals surface area contributed by atoms with Crippen LogP contribution in [0.3, 0.4) is 0 Å². The minimum atomic E-state index is -1.30. The van der Waals surface area contributed by atoms with Crippen LogP contribution in [0.15, 0.2) is 24.3 Å². The van der Waals surface area contributed by atoms with Crippen LogP contribution < -0.4 is 10.0 Å². The Morgan fingerprint density at radius 3 is 1.89 bits per heavy atom. The number of hydrogen-bond donors (Lipinski definition) is 0. The third-order valence-corrected chi connectivity index (χ3v) is 3.93. The van der Waals surface area contributed by atoms with Gasteiger partial charge in [-0.25, -0.2) is 4.90 Å². The third kappa shape index (κ3) is 2.28. The number of amides is 2. The highest BCUT2D eigenvalue weighted by molar-refractivity contribution is 14.1. The van der Waals surface area contributed by atoms with Crippen molar-refractivity contribution in [1.29, 1.82) is 0 Å². The van der Waals surface area contributed by atoms with Crippen molar-refractivity contribution in [1.82, 2.24) is 0 Å². The summed E-state index contributed by atoms with van der Waals surface area (Å²) in [7, 11) is 0. The van der Waals surface area contributed by atoms with Crippen molar-refractivity contribution in [2.45, 2.75) is 0 Å². The van der Waals surface area contributed by atoms with Gasteiger partial charge in [0.05, 0.1) is 11.7 Å². The van der Waals surface area contributed by atoms with Gasteiger partial charge < -0.3 is 9.90 Å². The molecular formula is C11H4I2NO4-. The van der Waals surface area contributed by atoms with Crippen LogP contribution in [0.25, 0.3) is 0 Å². The second-order valence-electron chi connectivity index (χ2n) is 3.42. The zero-order chi connectivity index (χ0) is 13.4. The molecule has 18 heavy (non-hydrogen) atoms. The van der Waals surface area contributed by atoms with Gasteiger partial charge in [0.2, 0.25) is 0 Å². The summed E-state index contributed by atoms with van der Waals surface area (Å²) in [6.07, 6.45) is 2.36. The first-order valence-corrected chi connectivity index (χ1v) is 6.84. The summed E-state index contributed by atoms with van der Waals surface area (Å²) < 4.78 is 1.01. The number of anilines is 1. The molecule has 0 atom stereocenters. The molecule has 2 rings (SSSR count). The van der Waals surface area contributed by atoms with Gasteiger partial charge in [-0.1, -0.05) is 0 Å². The molecule has 0 aromatic heterocycles. The van der Waals surface area contributed by atoms with Gasteiger partial charge in [0, 0.05) is 19.3 Å². The topological polar surface area (TPSA) is 77.5 Å². The Kier molecular flexibility index (Phi) is 3.71. The fourth-order valence-electron chi connectivity index (χ4n) is 1.52. The van der Waals surface area contributed by atoms with Crippen LogP contribution in [-0.4, -0.2) is 17.8 Å². The van der Waals surface area contributed by atoms with E-state index in [1.807, 2.05) is 45.2 Å². The summed E-state index contributed by atoms with van der Waals surface area (Å²) in [5.74, 6) is -2.16. The first-order chi connectivity index (χ1) is 8.41. The Bertz CT molecular complexity index is 568. The van der Waals surface area contributed by atoms with Crippen molar-refractivity contribution >= 4 is 68.7 Å². The predicted octanol–water partition coefficient (Wildman–Crippen LogP) is 0.689. The number of carboxylic acids is 1. The van der Waals surface area contributed by atoms with Gasteiger partial charge in [-0.15, -0.1) is 0 Å². The summed E-state index contributed by atoms with van der Waals surface area (Å²) in [4.78, 5) is 35.0. The van der Waals surface area contributed by atoms with Crippen molar-refractivity contribution in [2.24, 2.45) is 0 Å². The summed E-state index contributed by atoms with van der Waals surface area (Å²) in [6, 6.07) is 2.73. The molecule has 0 N–H and O–H groups in total. The highest BCUT2D eigenvalue weighted by Gasteiger charge is 2.28. The second-order valence-corrected chi connectivity index (χ2v) is 5.75. The molecule has 0 unspecified atom stereocenters. The molecule has 7 heteroatoms. The number of halogens is 2. The van der Waals surface area contributed by atoms with E-state index in [2.05, 4.69) is 0 Å². The molecule has 0 saturated heterocycles. The van der Waals surface area contributed by atoms with E-state index in [9.17, 15) is 19.5 Å². The number of imide groups is 1. The zero-order valence-electron chi connectivity index (χ0n) is 8.65. The number of rotatable bonds is 2. The van der Waals surface area contributed by atoms with Crippen LogP contribution in [0.2, 0.25) is 0 Å². The molecule has 0 spiro atoms. The van der Waals surface area contributed by atoms with Gasteiger partial charge in [0.1, 0.15) is 0 Å². The summed E-state index contributed by atoms with van der Waals surface area (Å²) in [5.41, 5.74) is 0.417. The van der Waals surface area contributed by atoms with Crippen molar-refractivity contribution in [3.63, 3.8) is 0 Å². The zero-order valence-corrected chi connectivity index (χ0v) is 13.0. The van der Waals surface area contributed by atoms with Crippen molar-refractivity contribution in [3.05, 3.63) is 37.0 Å². The Labute approximate surface area is 129 Å². The molecule has 2 amide bonds. The Morgan fingerprint density at radius 2 is 1.50 bits per heavy atom. The molecule has 5 nitrogen and oxygen atoms in total. The summed E-state index contributed by atoms with van der Waals surface area (Å²) in [6.45, 7) is 0. The molecule has 0 radical (unpaired) electrons. The lowest BCUT2D eigenvalue weighted by Gasteiger charge is -2.18. The minimum Gasteiger partial charge on any atom is -0.545 e. The van der Waals surface area contributed by atoms with Crippen LogP contribution in [-0.2, 0) is 9.59 Å². The second kappa shape index (κ2) is 4.96. The number of hydrogen-bond acceptors (Lipinski definition) is 4. The first-order valence-electron chi connectivity index (χ1n) is 4.68. The number of nitrogens with zero attached hydrogens (tertiary/aromatic N) is 1. The van der Waals surface area contributed by atoms with E-state index in [4.69, 9.17) is 0 Å². The quantitative estimate of drug-likeness (QED) is 0.473. The Morgan fingerprint density at radius 1 is 1.06 bits per heavy atom. The molecule has 1 aliphatic heterocycles. The minimum absolute atomic E-state index is 0.0135. The number of carbonyl (C=O) groups is 3. The SMILES string of the molecule is O=C([O-])c1cc(I)c(N2C(=O)C=CC2=O)c(I)c1. The number of carboxylic acid groups (broad SMARTS) is 1. The summed E-state index contributed by atoms with van der Waals surface area (Å²) in [5, 5.41) is 10.8. The lowest BCUT2D eigenvalue weighted by Crippen LogP contribution is -2.31. The molecule has 0 fully saturated rings. The molecule has 0 aliphatic carbocycles. The van der Waals surface area contributed by atoms with Crippen LogP contribution in [0.4, 0.5) is 5.69 Å². The van der Waals surface area contributed by atoms with Crippen LogP contribution in [0, 0.1) is 7.14 Å². The highest BCUT2D eigenvalue weighted by atomic mass is 127. The van der Waals surface area contributed by atoms with E-state index < -0.39 is 17.8 Å². The molecule has 1 aromatic carbocycles. The monoisotopic (exact) mass is 468 g/mol. The molecule has 1 aromatic rings.